The van der Waals surface area contributed by atoms with E-state index in [9.17, 15) is 9.59 Å². The number of piperazine rings is 1. The molecule has 0 spiro atoms. The quantitative estimate of drug-likeness (QED) is 0.787. The number of methoxy groups -OCH3 is 1. The van der Waals surface area contributed by atoms with E-state index in [0.717, 1.165) is 0 Å². The maximum Gasteiger partial charge on any atom is 0.287 e. The van der Waals surface area contributed by atoms with Crippen LogP contribution in [-0.2, 0) is 11.8 Å². The van der Waals surface area contributed by atoms with Crippen LogP contribution >= 0.6 is 23.2 Å². The van der Waals surface area contributed by atoms with Crippen molar-refractivity contribution >= 4 is 40.5 Å². The number of aromatic nitrogens is 2. The van der Waals surface area contributed by atoms with Gasteiger partial charge in [0, 0.05) is 38.2 Å². The number of benzene rings is 1. The lowest BCUT2D eigenvalue weighted by Gasteiger charge is -2.35. The molecule has 0 bridgehead atoms. The molecule has 28 heavy (non-hydrogen) atoms. The molecule has 8 nitrogen and oxygen atoms in total. The molecule has 1 aliphatic heterocycles. The molecule has 0 unspecified atom stereocenters. The minimum Gasteiger partial charge on any atom is -0.495 e. The molecule has 1 aromatic carbocycles. The summed E-state index contributed by atoms with van der Waals surface area (Å²) in [5.41, 5.74) is 0.839. The van der Waals surface area contributed by atoms with E-state index in [4.69, 9.17) is 27.9 Å². The molecule has 3 rings (SSSR count). The number of hydrogen-bond acceptors (Lipinski definition) is 6. The summed E-state index contributed by atoms with van der Waals surface area (Å²) in [5.74, 6) is 0.401. The van der Waals surface area contributed by atoms with Crippen LogP contribution in [0.1, 0.15) is 0 Å². The normalized spacial score (nSPS) is 14.8. The van der Waals surface area contributed by atoms with Crippen molar-refractivity contribution < 1.29 is 9.53 Å². The Morgan fingerprint density at radius 3 is 2.64 bits per heavy atom. The van der Waals surface area contributed by atoms with Crippen LogP contribution in [0.15, 0.2) is 29.2 Å². The fourth-order valence-corrected chi connectivity index (χ4v) is 3.50. The van der Waals surface area contributed by atoms with Crippen LogP contribution in [-0.4, -0.2) is 60.4 Å². The fraction of sp³-hybridized carbons (Fsp3) is 0.389. The van der Waals surface area contributed by atoms with Gasteiger partial charge in [0.15, 0.2) is 0 Å². The Labute approximate surface area is 172 Å². The van der Waals surface area contributed by atoms with Gasteiger partial charge in [0.05, 0.1) is 31.2 Å². The first-order valence-electron chi connectivity index (χ1n) is 8.71. The number of halogens is 2. The second kappa shape index (κ2) is 8.81. The van der Waals surface area contributed by atoms with E-state index < -0.39 is 0 Å². The van der Waals surface area contributed by atoms with Crippen LogP contribution in [0.4, 0.5) is 11.4 Å². The Morgan fingerprint density at radius 2 is 1.96 bits per heavy atom. The molecule has 1 saturated heterocycles. The number of aryl methyl sites for hydroxylation is 1. The molecule has 2 heterocycles. The number of amides is 1. The number of rotatable bonds is 5. The van der Waals surface area contributed by atoms with Crippen molar-refractivity contribution in [2.24, 2.45) is 7.05 Å². The van der Waals surface area contributed by atoms with Crippen molar-refractivity contribution in [3.63, 3.8) is 0 Å². The lowest BCUT2D eigenvalue weighted by molar-refractivity contribution is -0.117. The standard InChI is InChI=1S/C18H21Cl2N5O3/c1-23-18(27)17(20)14(10-21-23)25-7-5-24(6-8-25)11-16(26)22-13-9-12(19)3-4-15(13)28-2/h3-4,9-10H,5-8,11H2,1-2H3,(H,22,26). The summed E-state index contributed by atoms with van der Waals surface area (Å²) >= 11 is 12.2. The number of ether oxygens (including phenoxy) is 1. The number of hydrogen-bond donors (Lipinski definition) is 1. The van der Waals surface area contributed by atoms with E-state index in [1.54, 1.807) is 31.4 Å². The average molecular weight is 426 g/mol. The van der Waals surface area contributed by atoms with E-state index in [-0.39, 0.29) is 23.0 Å². The highest BCUT2D eigenvalue weighted by molar-refractivity contribution is 6.33. The van der Waals surface area contributed by atoms with Gasteiger partial charge in [-0.05, 0) is 18.2 Å². The van der Waals surface area contributed by atoms with E-state index in [1.807, 2.05) is 9.80 Å². The molecule has 10 heteroatoms. The minimum absolute atomic E-state index is 0.151. The smallest absolute Gasteiger partial charge is 0.287 e. The maximum absolute atomic E-state index is 12.4. The van der Waals surface area contributed by atoms with Crippen molar-refractivity contribution in [2.75, 3.05) is 50.1 Å². The number of carbonyl (C=O) groups is 1. The van der Waals surface area contributed by atoms with E-state index in [0.29, 0.717) is 48.3 Å². The third-order valence-electron chi connectivity index (χ3n) is 4.58. The number of nitrogens with one attached hydrogen (secondary N) is 1. The summed E-state index contributed by atoms with van der Waals surface area (Å²) in [6, 6.07) is 5.06. The summed E-state index contributed by atoms with van der Waals surface area (Å²) in [4.78, 5) is 28.4. The third-order valence-corrected chi connectivity index (χ3v) is 5.17. The molecule has 0 atom stereocenters. The number of anilines is 2. The summed E-state index contributed by atoms with van der Waals surface area (Å²) in [6.07, 6.45) is 1.59. The highest BCUT2D eigenvalue weighted by atomic mass is 35.5. The van der Waals surface area contributed by atoms with Crippen molar-refractivity contribution in [3.8, 4) is 5.75 Å². The predicted octanol–water partition coefficient (Wildman–Crippen LogP) is 1.86. The molecule has 1 amide bonds. The zero-order valence-electron chi connectivity index (χ0n) is 15.6. The molecular formula is C18H21Cl2N5O3. The second-order valence-electron chi connectivity index (χ2n) is 6.43. The second-order valence-corrected chi connectivity index (χ2v) is 7.24. The Morgan fingerprint density at radius 1 is 1.25 bits per heavy atom. The third kappa shape index (κ3) is 4.57. The minimum atomic E-state index is -0.323. The zero-order chi connectivity index (χ0) is 20.3. The first kappa shape index (κ1) is 20.4. The Kier molecular flexibility index (Phi) is 6.43. The van der Waals surface area contributed by atoms with Crippen LogP contribution in [0.3, 0.4) is 0 Å². The first-order valence-corrected chi connectivity index (χ1v) is 9.47. The van der Waals surface area contributed by atoms with Gasteiger partial charge in [0.2, 0.25) is 5.91 Å². The van der Waals surface area contributed by atoms with Gasteiger partial charge < -0.3 is 15.0 Å². The van der Waals surface area contributed by atoms with Crippen LogP contribution in [0.25, 0.3) is 0 Å². The Balaban J connectivity index is 1.57. The van der Waals surface area contributed by atoms with Crippen LogP contribution in [0, 0.1) is 0 Å². The van der Waals surface area contributed by atoms with E-state index in [2.05, 4.69) is 10.4 Å². The van der Waals surface area contributed by atoms with Crippen molar-refractivity contribution in [1.29, 1.82) is 0 Å². The molecule has 0 saturated carbocycles. The first-order chi connectivity index (χ1) is 13.4. The van der Waals surface area contributed by atoms with Gasteiger partial charge in [0.25, 0.3) is 5.56 Å². The van der Waals surface area contributed by atoms with Gasteiger partial charge in [-0.1, -0.05) is 23.2 Å². The molecule has 150 valence electrons. The van der Waals surface area contributed by atoms with E-state index in [1.165, 1.54) is 11.8 Å². The largest absolute Gasteiger partial charge is 0.495 e. The lowest BCUT2D eigenvalue weighted by atomic mass is 10.2. The van der Waals surface area contributed by atoms with Crippen LogP contribution in [0.2, 0.25) is 10.0 Å². The number of nitrogens with zero attached hydrogens (tertiary/aromatic N) is 4. The van der Waals surface area contributed by atoms with Crippen molar-refractivity contribution in [1.82, 2.24) is 14.7 Å². The molecule has 1 aromatic heterocycles. The van der Waals surface area contributed by atoms with Crippen molar-refractivity contribution in [2.45, 2.75) is 0 Å². The van der Waals surface area contributed by atoms with Gasteiger partial charge >= 0.3 is 0 Å². The monoisotopic (exact) mass is 425 g/mol. The van der Waals surface area contributed by atoms with E-state index >= 15 is 0 Å². The lowest BCUT2D eigenvalue weighted by Crippen LogP contribution is -2.49. The molecule has 1 N–H and O–H groups in total. The van der Waals surface area contributed by atoms with Gasteiger partial charge in [-0.15, -0.1) is 0 Å². The Bertz CT molecular complexity index is 926. The van der Waals surface area contributed by atoms with Gasteiger partial charge in [0.1, 0.15) is 10.8 Å². The summed E-state index contributed by atoms with van der Waals surface area (Å²) < 4.78 is 6.45. The summed E-state index contributed by atoms with van der Waals surface area (Å²) in [5, 5.41) is 7.55. The molecule has 2 aromatic rings. The van der Waals surface area contributed by atoms with Gasteiger partial charge in [-0.2, -0.15) is 5.10 Å². The van der Waals surface area contributed by atoms with Gasteiger partial charge in [-0.25, -0.2) is 4.68 Å². The molecule has 1 aliphatic rings. The highest BCUT2D eigenvalue weighted by Crippen LogP contribution is 2.27. The molecule has 0 aliphatic carbocycles. The highest BCUT2D eigenvalue weighted by Gasteiger charge is 2.22. The fourth-order valence-electron chi connectivity index (χ4n) is 3.04. The van der Waals surface area contributed by atoms with Crippen molar-refractivity contribution in [3.05, 3.63) is 44.8 Å². The summed E-state index contributed by atoms with van der Waals surface area (Å²) in [7, 11) is 3.10. The zero-order valence-corrected chi connectivity index (χ0v) is 17.1. The van der Waals surface area contributed by atoms with Crippen LogP contribution in [0.5, 0.6) is 5.75 Å². The maximum atomic E-state index is 12.4. The average Bonchev–Trinajstić information content (AvgIpc) is 2.67. The molecule has 1 fully saturated rings. The summed E-state index contributed by atoms with van der Waals surface area (Å²) in [6.45, 7) is 2.84. The Hall–Kier alpha value is -2.29. The SMILES string of the molecule is COc1ccc(Cl)cc1NC(=O)CN1CCN(c2cnn(C)c(=O)c2Cl)CC1. The van der Waals surface area contributed by atoms with Gasteiger partial charge in [-0.3, -0.25) is 14.5 Å². The predicted molar refractivity (Wildman–Crippen MR) is 110 cm³/mol. The molecule has 0 radical (unpaired) electrons. The number of carbonyl (C=O) groups excluding carboxylic acids is 1. The topological polar surface area (TPSA) is 79.7 Å². The van der Waals surface area contributed by atoms with Crippen LogP contribution < -0.4 is 20.5 Å². The molecular weight excluding hydrogens is 405 g/mol.